The van der Waals surface area contributed by atoms with E-state index in [1.54, 1.807) is 0 Å². The van der Waals surface area contributed by atoms with Crippen LogP contribution in [0.15, 0.2) is 28.7 Å². The summed E-state index contributed by atoms with van der Waals surface area (Å²) in [6.45, 7) is 0.358. The van der Waals surface area contributed by atoms with Crippen molar-refractivity contribution in [2.24, 2.45) is 0 Å². The van der Waals surface area contributed by atoms with Gasteiger partial charge in [0.25, 0.3) is 0 Å². The number of nitrogens with one attached hydrogen (secondary N) is 1. The fourth-order valence-corrected chi connectivity index (χ4v) is 1.16. The van der Waals surface area contributed by atoms with Crippen molar-refractivity contribution in [2.45, 2.75) is 0 Å². The van der Waals surface area contributed by atoms with Crippen LogP contribution in [0.4, 0.5) is 5.69 Å². The number of benzene rings is 1. The van der Waals surface area contributed by atoms with Gasteiger partial charge in [-0.05, 0) is 18.2 Å². The van der Waals surface area contributed by atoms with Crippen molar-refractivity contribution in [3.63, 3.8) is 0 Å². The number of carbonyl (C=O) groups excluding carboxylic acids is 1. The molecule has 0 bridgehead atoms. The van der Waals surface area contributed by atoms with E-state index in [-0.39, 0.29) is 0 Å². The second-order valence-electron chi connectivity index (χ2n) is 2.06. The Labute approximate surface area is 73.7 Å². The lowest BCUT2D eigenvalue weighted by molar-refractivity contribution is -0.106. The van der Waals surface area contributed by atoms with Gasteiger partial charge in [0, 0.05) is 10.2 Å². The molecule has 0 saturated carbocycles. The Kier molecular flexibility index (Phi) is 3.11. The van der Waals surface area contributed by atoms with Gasteiger partial charge in [-0.3, -0.25) is 0 Å². The van der Waals surface area contributed by atoms with Gasteiger partial charge < -0.3 is 10.1 Å². The highest BCUT2D eigenvalue weighted by Gasteiger charge is 1.89. The van der Waals surface area contributed by atoms with Crippen LogP contribution in [0, 0.1) is 0 Å². The second kappa shape index (κ2) is 4.13. The first-order valence-electron chi connectivity index (χ1n) is 3.26. The van der Waals surface area contributed by atoms with E-state index in [1.165, 1.54) is 0 Å². The van der Waals surface area contributed by atoms with Crippen molar-refractivity contribution in [3.8, 4) is 0 Å². The van der Waals surface area contributed by atoms with Crippen LogP contribution in [0.1, 0.15) is 0 Å². The van der Waals surface area contributed by atoms with Gasteiger partial charge in [0.05, 0.1) is 6.54 Å². The van der Waals surface area contributed by atoms with Crippen LogP contribution in [0.3, 0.4) is 0 Å². The van der Waals surface area contributed by atoms with Crippen molar-refractivity contribution >= 4 is 27.9 Å². The first-order chi connectivity index (χ1) is 5.33. The Balaban J connectivity index is 2.63. The second-order valence-corrected chi connectivity index (χ2v) is 2.97. The minimum absolute atomic E-state index is 0.358. The van der Waals surface area contributed by atoms with Gasteiger partial charge in [-0.1, -0.05) is 22.0 Å². The molecule has 0 aliphatic heterocycles. The largest absolute Gasteiger partial charge is 0.378 e. The van der Waals surface area contributed by atoms with E-state index >= 15 is 0 Å². The molecule has 0 atom stereocenters. The SMILES string of the molecule is O=CCNc1cccc(Br)c1. The summed E-state index contributed by atoms with van der Waals surface area (Å²) >= 11 is 3.33. The third-order valence-electron chi connectivity index (χ3n) is 1.21. The molecule has 0 aliphatic rings. The maximum Gasteiger partial charge on any atom is 0.139 e. The van der Waals surface area contributed by atoms with Crippen molar-refractivity contribution in [3.05, 3.63) is 28.7 Å². The van der Waals surface area contributed by atoms with Gasteiger partial charge in [0.2, 0.25) is 0 Å². The lowest BCUT2D eigenvalue weighted by atomic mass is 10.3. The maximum absolute atomic E-state index is 9.99. The first kappa shape index (κ1) is 8.27. The van der Waals surface area contributed by atoms with Crippen molar-refractivity contribution in [2.75, 3.05) is 11.9 Å². The van der Waals surface area contributed by atoms with Crippen molar-refractivity contribution < 1.29 is 4.79 Å². The average Bonchev–Trinajstić information content (AvgIpc) is 2.01. The summed E-state index contributed by atoms with van der Waals surface area (Å²) in [7, 11) is 0. The summed E-state index contributed by atoms with van der Waals surface area (Å²) in [6, 6.07) is 7.68. The standard InChI is InChI=1S/C8H8BrNO/c9-7-2-1-3-8(6-7)10-4-5-11/h1-3,5-6,10H,4H2. The molecular weight excluding hydrogens is 206 g/mol. The molecule has 1 aromatic rings. The Morgan fingerprint density at radius 2 is 2.36 bits per heavy atom. The highest BCUT2D eigenvalue weighted by atomic mass is 79.9. The Morgan fingerprint density at radius 1 is 1.55 bits per heavy atom. The Hall–Kier alpha value is -0.830. The highest BCUT2D eigenvalue weighted by Crippen LogP contribution is 2.14. The third-order valence-corrected chi connectivity index (χ3v) is 1.71. The normalized spacial score (nSPS) is 9.18. The van der Waals surface area contributed by atoms with Gasteiger partial charge >= 0.3 is 0 Å². The van der Waals surface area contributed by atoms with Gasteiger partial charge in [-0.15, -0.1) is 0 Å². The predicted octanol–water partition coefficient (Wildman–Crippen LogP) is 2.06. The molecule has 2 nitrogen and oxygen atoms in total. The summed E-state index contributed by atoms with van der Waals surface area (Å²) in [5.74, 6) is 0. The lowest BCUT2D eigenvalue weighted by Crippen LogP contribution is -2.01. The van der Waals surface area contributed by atoms with Crippen molar-refractivity contribution in [1.82, 2.24) is 0 Å². The van der Waals surface area contributed by atoms with Gasteiger partial charge in [0.1, 0.15) is 6.29 Å². The zero-order valence-corrected chi connectivity index (χ0v) is 7.47. The number of halogens is 1. The molecular formula is C8H8BrNO. The fourth-order valence-electron chi connectivity index (χ4n) is 0.758. The molecule has 0 unspecified atom stereocenters. The Morgan fingerprint density at radius 3 is 3.00 bits per heavy atom. The van der Waals surface area contributed by atoms with E-state index < -0.39 is 0 Å². The van der Waals surface area contributed by atoms with Crippen LogP contribution >= 0.6 is 15.9 Å². The molecule has 0 amide bonds. The van der Waals surface area contributed by atoms with E-state index in [0.29, 0.717) is 6.54 Å². The van der Waals surface area contributed by atoms with Crippen LogP contribution in [-0.2, 0) is 4.79 Å². The van der Waals surface area contributed by atoms with Gasteiger partial charge in [-0.2, -0.15) is 0 Å². The van der Waals surface area contributed by atoms with E-state index in [9.17, 15) is 4.79 Å². The highest BCUT2D eigenvalue weighted by molar-refractivity contribution is 9.10. The lowest BCUT2D eigenvalue weighted by Gasteiger charge is -2.00. The van der Waals surface area contributed by atoms with E-state index in [1.807, 2.05) is 24.3 Å². The van der Waals surface area contributed by atoms with Crippen LogP contribution < -0.4 is 5.32 Å². The van der Waals surface area contributed by atoms with Gasteiger partial charge in [-0.25, -0.2) is 0 Å². The third kappa shape index (κ3) is 2.72. The molecule has 0 saturated heterocycles. The minimum Gasteiger partial charge on any atom is -0.378 e. The molecule has 0 fully saturated rings. The molecule has 0 aliphatic carbocycles. The van der Waals surface area contributed by atoms with Crippen molar-refractivity contribution in [1.29, 1.82) is 0 Å². The van der Waals surface area contributed by atoms with Gasteiger partial charge in [0.15, 0.2) is 0 Å². The molecule has 0 aromatic heterocycles. The monoisotopic (exact) mass is 213 g/mol. The Bertz CT molecular complexity index is 250. The van der Waals surface area contributed by atoms with Crippen LogP contribution in [0.2, 0.25) is 0 Å². The number of hydrogen-bond acceptors (Lipinski definition) is 2. The molecule has 1 aromatic carbocycles. The molecule has 1 N–H and O–H groups in total. The zero-order chi connectivity index (χ0) is 8.10. The number of carbonyl (C=O) groups is 1. The maximum atomic E-state index is 9.99. The smallest absolute Gasteiger partial charge is 0.139 e. The average molecular weight is 214 g/mol. The predicted molar refractivity (Wildman–Crippen MR) is 48.7 cm³/mol. The number of anilines is 1. The number of aldehydes is 1. The summed E-state index contributed by atoms with van der Waals surface area (Å²) in [5.41, 5.74) is 0.950. The summed E-state index contributed by atoms with van der Waals surface area (Å²) in [4.78, 5) is 9.99. The molecule has 0 heterocycles. The summed E-state index contributed by atoms with van der Waals surface area (Å²) in [5, 5.41) is 2.94. The van der Waals surface area contributed by atoms with Crippen LogP contribution in [0.5, 0.6) is 0 Å². The molecule has 1 rings (SSSR count). The zero-order valence-electron chi connectivity index (χ0n) is 5.88. The molecule has 0 radical (unpaired) electrons. The molecule has 11 heavy (non-hydrogen) atoms. The van der Waals surface area contributed by atoms with E-state index in [4.69, 9.17) is 0 Å². The van der Waals surface area contributed by atoms with Crippen LogP contribution in [0.25, 0.3) is 0 Å². The summed E-state index contributed by atoms with van der Waals surface area (Å²) in [6.07, 6.45) is 0.834. The summed E-state index contributed by atoms with van der Waals surface area (Å²) < 4.78 is 1.01. The molecule has 3 heteroatoms. The number of hydrogen-bond donors (Lipinski definition) is 1. The first-order valence-corrected chi connectivity index (χ1v) is 4.05. The molecule has 58 valence electrons. The van der Waals surface area contributed by atoms with Crippen LogP contribution in [-0.4, -0.2) is 12.8 Å². The minimum atomic E-state index is 0.358. The van der Waals surface area contributed by atoms with E-state index in [2.05, 4.69) is 21.2 Å². The molecule has 0 spiro atoms. The quantitative estimate of drug-likeness (QED) is 0.780. The number of rotatable bonds is 3. The van der Waals surface area contributed by atoms with E-state index in [0.717, 1.165) is 16.4 Å². The topological polar surface area (TPSA) is 29.1 Å². The fraction of sp³-hybridized carbons (Fsp3) is 0.125.